The molecule has 0 aliphatic carbocycles. The minimum atomic E-state index is 0.263. The third-order valence-electron chi connectivity index (χ3n) is 3.23. The van der Waals surface area contributed by atoms with Crippen LogP contribution in [0.3, 0.4) is 0 Å². The smallest absolute Gasteiger partial charge is 0.225 e. The maximum atomic E-state index is 12.1. The lowest BCUT2D eigenvalue weighted by Crippen LogP contribution is -2.54. The number of carbonyl (C=O) groups excluding carboxylic acids is 1. The topological polar surface area (TPSA) is 46.3 Å². The molecule has 1 amide bonds. The molecule has 1 aliphatic heterocycles. The molecule has 88 valence electrons. The molecule has 0 spiro atoms. The van der Waals surface area contributed by atoms with Gasteiger partial charge in [0.2, 0.25) is 5.91 Å². The fourth-order valence-corrected chi connectivity index (χ4v) is 2.25. The third-order valence-corrected chi connectivity index (χ3v) is 3.23. The Balaban J connectivity index is 2.36. The van der Waals surface area contributed by atoms with Crippen molar-refractivity contribution in [3.05, 3.63) is 0 Å². The predicted molar refractivity (Wildman–Crippen MR) is 62.4 cm³/mol. The van der Waals surface area contributed by atoms with E-state index in [1.807, 2.05) is 4.90 Å². The molecule has 0 aromatic heterocycles. The molecular weight excluding hydrogens is 188 g/mol. The fourth-order valence-electron chi connectivity index (χ4n) is 2.25. The van der Waals surface area contributed by atoms with E-state index in [9.17, 15) is 4.79 Å². The molecule has 15 heavy (non-hydrogen) atoms. The van der Waals surface area contributed by atoms with Crippen LogP contribution in [-0.2, 0) is 4.79 Å². The molecule has 0 unspecified atom stereocenters. The third kappa shape index (κ3) is 3.20. The maximum absolute atomic E-state index is 12.1. The van der Waals surface area contributed by atoms with Crippen molar-refractivity contribution in [3.8, 4) is 0 Å². The first-order chi connectivity index (χ1) is 7.22. The number of amides is 1. The lowest BCUT2D eigenvalue weighted by Gasteiger charge is -2.40. The van der Waals surface area contributed by atoms with Crippen molar-refractivity contribution in [2.75, 3.05) is 19.6 Å². The fraction of sp³-hybridized carbons (Fsp3) is 0.917. The van der Waals surface area contributed by atoms with Crippen molar-refractivity contribution in [2.24, 2.45) is 17.6 Å². The predicted octanol–water partition coefficient (Wildman–Crippen LogP) is 1.62. The number of likely N-dealkylation sites (tertiary alicyclic amines) is 1. The van der Waals surface area contributed by atoms with Gasteiger partial charge in [0.15, 0.2) is 0 Å². The van der Waals surface area contributed by atoms with Gasteiger partial charge in [0.1, 0.15) is 0 Å². The molecule has 1 fully saturated rings. The van der Waals surface area contributed by atoms with Crippen molar-refractivity contribution in [2.45, 2.75) is 39.5 Å². The van der Waals surface area contributed by atoms with Gasteiger partial charge in [-0.15, -0.1) is 0 Å². The average molecular weight is 212 g/mol. The largest absolute Gasteiger partial charge is 0.342 e. The van der Waals surface area contributed by atoms with Gasteiger partial charge in [-0.3, -0.25) is 4.79 Å². The highest BCUT2D eigenvalue weighted by Gasteiger charge is 2.32. The molecule has 1 aliphatic rings. The van der Waals surface area contributed by atoms with Crippen molar-refractivity contribution < 1.29 is 4.79 Å². The summed E-state index contributed by atoms with van der Waals surface area (Å²) in [7, 11) is 0. The van der Waals surface area contributed by atoms with Gasteiger partial charge in [-0.1, -0.05) is 26.7 Å². The molecule has 0 bridgehead atoms. The van der Waals surface area contributed by atoms with Crippen LogP contribution in [0, 0.1) is 11.8 Å². The molecule has 2 N–H and O–H groups in total. The number of hydrogen-bond donors (Lipinski definition) is 1. The molecule has 0 saturated carbocycles. The maximum Gasteiger partial charge on any atom is 0.225 e. The van der Waals surface area contributed by atoms with Crippen LogP contribution in [0.1, 0.15) is 39.5 Å². The number of rotatable bonds is 6. The molecule has 3 nitrogen and oxygen atoms in total. The van der Waals surface area contributed by atoms with Gasteiger partial charge in [0.05, 0.1) is 0 Å². The lowest BCUT2D eigenvalue weighted by atomic mass is 9.92. The van der Waals surface area contributed by atoms with Crippen molar-refractivity contribution in [3.63, 3.8) is 0 Å². The van der Waals surface area contributed by atoms with Crippen molar-refractivity contribution >= 4 is 5.91 Å². The summed E-state index contributed by atoms with van der Waals surface area (Å²) in [4.78, 5) is 14.0. The van der Waals surface area contributed by atoms with Crippen LogP contribution in [-0.4, -0.2) is 30.4 Å². The van der Waals surface area contributed by atoms with Crippen molar-refractivity contribution in [1.29, 1.82) is 0 Å². The van der Waals surface area contributed by atoms with Crippen LogP contribution in [0.5, 0.6) is 0 Å². The first-order valence-corrected chi connectivity index (χ1v) is 6.21. The highest BCUT2D eigenvalue weighted by Crippen LogP contribution is 2.22. The number of nitrogens with two attached hydrogens (primary N) is 1. The van der Waals surface area contributed by atoms with Crippen LogP contribution < -0.4 is 5.73 Å². The van der Waals surface area contributed by atoms with Crippen LogP contribution in [0.2, 0.25) is 0 Å². The number of hydrogen-bond acceptors (Lipinski definition) is 2. The Kier molecular flexibility index (Phi) is 5.09. The zero-order valence-corrected chi connectivity index (χ0v) is 10.0. The second-order valence-electron chi connectivity index (χ2n) is 4.62. The second-order valence-corrected chi connectivity index (χ2v) is 4.62. The van der Waals surface area contributed by atoms with E-state index in [0.29, 0.717) is 11.8 Å². The summed E-state index contributed by atoms with van der Waals surface area (Å²) in [6.07, 6.45) is 4.28. The van der Waals surface area contributed by atoms with E-state index < -0.39 is 0 Å². The van der Waals surface area contributed by atoms with E-state index in [1.54, 1.807) is 0 Å². The monoisotopic (exact) mass is 212 g/mol. The molecule has 0 atom stereocenters. The zero-order chi connectivity index (χ0) is 11.3. The highest BCUT2D eigenvalue weighted by molar-refractivity contribution is 5.79. The molecule has 0 radical (unpaired) electrons. The standard InChI is InChI=1S/C12H24N2O/c1-3-5-11(6-4-2)12(15)14-8-10(7-13)9-14/h10-11H,3-9,13H2,1-2H3. The van der Waals surface area contributed by atoms with E-state index in [2.05, 4.69) is 13.8 Å². The Morgan fingerprint density at radius 3 is 2.27 bits per heavy atom. The van der Waals surface area contributed by atoms with E-state index in [1.165, 1.54) is 0 Å². The Labute approximate surface area is 93.0 Å². The van der Waals surface area contributed by atoms with Crippen LogP contribution in [0.4, 0.5) is 0 Å². The molecule has 1 rings (SSSR count). The molecule has 3 heteroatoms. The minimum absolute atomic E-state index is 0.263. The normalized spacial score (nSPS) is 16.9. The number of carbonyl (C=O) groups is 1. The summed E-state index contributed by atoms with van der Waals surface area (Å²) in [6, 6.07) is 0. The van der Waals surface area contributed by atoms with Gasteiger partial charge < -0.3 is 10.6 Å². The Bertz CT molecular complexity index is 194. The SMILES string of the molecule is CCCC(CCC)C(=O)N1CC(CN)C1. The summed E-state index contributed by atoms with van der Waals surface area (Å²) < 4.78 is 0. The summed E-state index contributed by atoms with van der Waals surface area (Å²) in [5.74, 6) is 1.18. The minimum Gasteiger partial charge on any atom is -0.342 e. The van der Waals surface area contributed by atoms with Crippen LogP contribution >= 0.6 is 0 Å². The van der Waals surface area contributed by atoms with E-state index in [0.717, 1.165) is 45.3 Å². The average Bonchev–Trinajstić information content (AvgIpc) is 2.15. The molecule has 0 aromatic rings. The molecule has 1 heterocycles. The second kappa shape index (κ2) is 6.11. The van der Waals surface area contributed by atoms with Crippen LogP contribution in [0.25, 0.3) is 0 Å². The van der Waals surface area contributed by atoms with Gasteiger partial charge in [0.25, 0.3) is 0 Å². The summed E-state index contributed by atoms with van der Waals surface area (Å²) in [5.41, 5.74) is 5.55. The first kappa shape index (κ1) is 12.5. The van der Waals surface area contributed by atoms with Crippen molar-refractivity contribution in [1.82, 2.24) is 4.90 Å². The summed E-state index contributed by atoms with van der Waals surface area (Å²) >= 11 is 0. The van der Waals surface area contributed by atoms with Gasteiger partial charge in [0, 0.05) is 24.9 Å². The van der Waals surface area contributed by atoms with E-state index in [-0.39, 0.29) is 5.92 Å². The molecular formula is C12H24N2O. The van der Waals surface area contributed by atoms with Gasteiger partial charge >= 0.3 is 0 Å². The van der Waals surface area contributed by atoms with Gasteiger partial charge in [-0.25, -0.2) is 0 Å². The summed E-state index contributed by atoms with van der Waals surface area (Å²) in [6.45, 7) is 6.79. The molecule has 1 saturated heterocycles. The Morgan fingerprint density at radius 2 is 1.87 bits per heavy atom. The quantitative estimate of drug-likeness (QED) is 0.727. The summed E-state index contributed by atoms with van der Waals surface area (Å²) in [5, 5.41) is 0. The molecule has 0 aromatic carbocycles. The Morgan fingerprint density at radius 1 is 1.33 bits per heavy atom. The van der Waals surface area contributed by atoms with E-state index >= 15 is 0 Å². The highest BCUT2D eigenvalue weighted by atomic mass is 16.2. The first-order valence-electron chi connectivity index (χ1n) is 6.21. The lowest BCUT2D eigenvalue weighted by molar-refractivity contribution is -0.142. The van der Waals surface area contributed by atoms with Crippen LogP contribution in [0.15, 0.2) is 0 Å². The zero-order valence-electron chi connectivity index (χ0n) is 10.0. The van der Waals surface area contributed by atoms with Gasteiger partial charge in [-0.2, -0.15) is 0 Å². The Hall–Kier alpha value is -0.570. The number of nitrogens with zero attached hydrogens (tertiary/aromatic N) is 1. The van der Waals surface area contributed by atoms with Gasteiger partial charge in [-0.05, 0) is 19.4 Å². The van der Waals surface area contributed by atoms with E-state index in [4.69, 9.17) is 5.73 Å².